The Morgan fingerprint density at radius 3 is 2.31 bits per heavy atom. The number of carboxylic acid groups (broad SMARTS) is 1. The van der Waals surface area contributed by atoms with Crippen molar-refractivity contribution in [3.63, 3.8) is 0 Å². The van der Waals surface area contributed by atoms with Crippen molar-refractivity contribution in [2.75, 3.05) is 20.8 Å². The molecule has 2 saturated heterocycles. The second-order valence-electron chi connectivity index (χ2n) is 7.19. The molecule has 2 N–H and O–H groups in total. The lowest BCUT2D eigenvalue weighted by molar-refractivity contribution is -0.202. The van der Waals surface area contributed by atoms with Crippen LogP contribution in [0.1, 0.15) is 31.1 Å². The van der Waals surface area contributed by atoms with E-state index >= 15 is 0 Å². The summed E-state index contributed by atoms with van der Waals surface area (Å²) in [5, 5.41) is 11.6. The molecule has 2 heterocycles. The van der Waals surface area contributed by atoms with Crippen molar-refractivity contribution in [1.82, 2.24) is 10.2 Å². The van der Waals surface area contributed by atoms with E-state index in [1.54, 1.807) is 39.0 Å². The number of rotatable bonds is 7. The number of amides is 2. The number of thioether (sulfide) groups is 1. The quantitative estimate of drug-likeness (QED) is 0.498. The maximum atomic E-state index is 13.2. The average Bonchev–Trinajstić information content (AvgIpc) is 2.95. The fourth-order valence-corrected chi connectivity index (χ4v) is 5.49. The lowest BCUT2D eigenvalue weighted by Crippen LogP contribution is -2.80. The summed E-state index contributed by atoms with van der Waals surface area (Å²) in [7, 11) is 2.85. The van der Waals surface area contributed by atoms with E-state index in [1.165, 1.54) is 30.9 Å². The fourth-order valence-electron chi connectivity index (χ4n) is 3.85. The lowest BCUT2D eigenvalue weighted by atomic mass is 9.93. The van der Waals surface area contributed by atoms with Gasteiger partial charge in [0.25, 0.3) is 17.5 Å². The van der Waals surface area contributed by atoms with Gasteiger partial charge in [-0.15, -0.1) is 11.8 Å². The molecule has 0 spiro atoms. The Bertz CT molecular complexity index is 837. The van der Waals surface area contributed by atoms with E-state index in [4.69, 9.17) is 14.2 Å². The summed E-state index contributed by atoms with van der Waals surface area (Å²) in [4.78, 5) is 39.3. The van der Waals surface area contributed by atoms with Crippen LogP contribution in [0.25, 0.3) is 0 Å². The van der Waals surface area contributed by atoms with Gasteiger partial charge in [-0.1, -0.05) is 6.07 Å². The molecule has 2 amide bonds. The number of hydrogen-bond donors (Lipinski definition) is 2. The van der Waals surface area contributed by atoms with E-state index in [-0.39, 0.29) is 23.7 Å². The summed E-state index contributed by atoms with van der Waals surface area (Å²) in [6.45, 7) is 5.36. The van der Waals surface area contributed by atoms with Crippen LogP contribution >= 0.6 is 11.8 Å². The normalized spacial score (nSPS) is 27.1. The summed E-state index contributed by atoms with van der Waals surface area (Å²) >= 11 is 1.28. The second kappa shape index (κ2) is 7.42. The molecule has 2 aliphatic rings. The third kappa shape index (κ3) is 3.10. The molecule has 2 aliphatic heterocycles. The second-order valence-corrected chi connectivity index (χ2v) is 8.92. The first kappa shape index (κ1) is 21.3. The van der Waals surface area contributed by atoms with Crippen molar-refractivity contribution in [1.29, 1.82) is 0 Å². The highest BCUT2D eigenvalue weighted by molar-refractivity contribution is 8.01. The Morgan fingerprint density at radius 1 is 1.24 bits per heavy atom. The highest BCUT2D eigenvalue weighted by Crippen LogP contribution is 2.55. The van der Waals surface area contributed by atoms with Crippen LogP contribution in [0.3, 0.4) is 0 Å². The Labute approximate surface area is 172 Å². The first-order chi connectivity index (χ1) is 13.6. The van der Waals surface area contributed by atoms with Crippen molar-refractivity contribution in [3.05, 3.63) is 23.8 Å². The number of nitrogens with one attached hydrogen (secondary N) is 1. The van der Waals surface area contributed by atoms with Gasteiger partial charge < -0.3 is 29.5 Å². The Kier molecular flexibility index (Phi) is 5.44. The van der Waals surface area contributed by atoms with Crippen LogP contribution in [0.4, 0.5) is 0 Å². The van der Waals surface area contributed by atoms with Gasteiger partial charge in [0.2, 0.25) is 0 Å². The van der Waals surface area contributed by atoms with E-state index in [1.807, 2.05) is 0 Å². The Balaban J connectivity index is 1.98. The van der Waals surface area contributed by atoms with Crippen LogP contribution in [0.15, 0.2) is 18.2 Å². The monoisotopic (exact) mass is 424 g/mol. The van der Waals surface area contributed by atoms with Gasteiger partial charge in [-0.3, -0.25) is 9.59 Å². The standard InChI is InChI=1S/C19H24N2O7S/c1-6-28-19(16(25)21-13(15(23)24)18(2,3)29-17(19)21)20-14(22)12-10(26-4)8-7-9-11(12)27-5/h7-9,13,17H,6H2,1-5H3,(H,20,22)(H,23,24)/t13-,17+,19?/m0/s1. The molecule has 158 valence electrons. The smallest absolute Gasteiger partial charge is 0.327 e. The van der Waals surface area contributed by atoms with Gasteiger partial charge in [-0.2, -0.15) is 0 Å². The molecular weight excluding hydrogens is 400 g/mol. The average molecular weight is 424 g/mol. The number of β-lactam (4-membered cyclic amide) rings is 1. The largest absolute Gasteiger partial charge is 0.496 e. The zero-order valence-electron chi connectivity index (χ0n) is 16.8. The highest BCUT2D eigenvalue weighted by Gasteiger charge is 2.73. The molecule has 29 heavy (non-hydrogen) atoms. The number of nitrogens with zero attached hydrogens (tertiary/aromatic N) is 1. The van der Waals surface area contributed by atoms with E-state index < -0.39 is 39.7 Å². The highest BCUT2D eigenvalue weighted by atomic mass is 32.2. The molecule has 1 aromatic rings. The van der Waals surface area contributed by atoms with Crippen molar-refractivity contribution in [2.24, 2.45) is 0 Å². The lowest BCUT2D eigenvalue weighted by Gasteiger charge is -2.52. The van der Waals surface area contributed by atoms with Crippen LogP contribution in [-0.2, 0) is 14.3 Å². The molecule has 10 heteroatoms. The Hall–Kier alpha value is -2.46. The maximum absolute atomic E-state index is 13.2. The minimum Gasteiger partial charge on any atom is -0.496 e. The van der Waals surface area contributed by atoms with Gasteiger partial charge >= 0.3 is 5.97 Å². The molecule has 9 nitrogen and oxygen atoms in total. The topological polar surface area (TPSA) is 114 Å². The van der Waals surface area contributed by atoms with Crippen molar-refractivity contribution in [2.45, 2.75) is 42.7 Å². The van der Waals surface area contributed by atoms with Crippen molar-refractivity contribution < 1.29 is 33.7 Å². The van der Waals surface area contributed by atoms with E-state index in [2.05, 4.69) is 5.32 Å². The molecule has 0 bridgehead atoms. The van der Waals surface area contributed by atoms with Gasteiger partial charge in [0.15, 0.2) is 0 Å². The third-order valence-corrected chi connectivity index (χ3v) is 6.68. The summed E-state index contributed by atoms with van der Waals surface area (Å²) in [6.07, 6.45) is 0. The van der Waals surface area contributed by atoms with Crippen LogP contribution in [0.2, 0.25) is 0 Å². The van der Waals surface area contributed by atoms with E-state index in [0.717, 1.165) is 0 Å². The van der Waals surface area contributed by atoms with Gasteiger partial charge in [0.05, 0.1) is 14.2 Å². The molecule has 1 unspecified atom stereocenters. The number of carbonyl (C=O) groups is 3. The van der Waals surface area contributed by atoms with E-state index in [0.29, 0.717) is 0 Å². The molecule has 0 aromatic heterocycles. The van der Waals surface area contributed by atoms with Crippen molar-refractivity contribution in [3.8, 4) is 11.5 Å². The van der Waals surface area contributed by atoms with Crippen LogP contribution in [0.5, 0.6) is 11.5 Å². The number of benzene rings is 1. The predicted octanol–water partition coefficient (Wildman–Crippen LogP) is 1.31. The molecule has 3 atom stereocenters. The van der Waals surface area contributed by atoms with Crippen LogP contribution in [-0.4, -0.2) is 70.5 Å². The van der Waals surface area contributed by atoms with E-state index in [9.17, 15) is 19.5 Å². The number of methoxy groups -OCH3 is 2. The first-order valence-electron chi connectivity index (χ1n) is 9.05. The minimum absolute atomic E-state index is 0.125. The number of hydrogen-bond acceptors (Lipinski definition) is 7. The number of fused-ring (bicyclic) bond motifs is 1. The number of carbonyl (C=O) groups excluding carboxylic acids is 2. The van der Waals surface area contributed by atoms with Crippen LogP contribution in [0, 0.1) is 0 Å². The van der Waals surface area contributed by atoms with Gasteiger partial charge in [-0.25, -0.2) is 4.79 Å². The molecule has 3 rings (SSSR count). The summed E-state index contributed by atoms with van der Waals surface area (Å²) < 4.78 is 15.5. The fraction of sp³-hybridized carbons (Fsp3) is 0.526. The Morgan fingerprint density at radius 2 is 1.83 bits per heavy atom. The number of aliphatic carboxylic acids is 1. The van der Waals surface area contributed by atoms with Crippen molar-refractivity contribution >= 4 is 29.5 Å². The first-order valence-corrected chi connectivity index (χ1v) is 9.93. The maximum Gasteiger partial charge on any atom is 0.327 e. The van der Waals surface area contributed by atoms with Gasteiger partial charge in [0, 0.05) is 11.4 Å². The summed E-state index contributed by atoms with van der Waals surface area (Å²) in [5.74, 6) is -1.74. The van der Waals surface area contributed by atoms with Gasteiger partial charge in [0.1, 0.15) is 28.5 Å². The third-order valence-electron chi connectivity index (χ3n) is 5.06. The SMILES string of the molecule is CCOC1(NC(=O)c2c(OC)cccc2OC)C(=O)N2[C@@H](C(=O)O)C(C)(C)S[C@@H]21. The molecule has 0 saturated carbocycles. The minimum atomic E-state index is -1.66. The summed E-state index contributed by atoms with van der Waals surface area (Å²) in [5.41, 5.74) is -1.54. The van der Waals surface area contributed by atoms with Crippen LogP contribution < -0.4 is 14.8 Å². The zero-order chi connectivity index (χ0) is 21.6. The number of ether oxygens (including phenoxy) is 3. The predicted molar refractivity (Wildman–Crippen MR) is 105 cm³/mol. The summed E-state index contributed by atoms with van der Waals surface area (Å²) in [6, 6.07) is 3.87. The molecule has 0 aliphatic carbocycles. The molecule has 0 radical (unpaired) electrons. The number of carboxylic acids is 1. The molecule has 1 aromatic carbocycles. The molecule has 2 fully saturated rings. The zero-order valence-corrected chi connectivity index (χ0v) is 17.7. The van der Waals surface area contributed by atoms with Gasteiger partial charge in [-0.05, 0) is 32.9 Å². The molecular formula is C19H24N2O7S.